The Morgan fingerprint density at radius 2 is 1.58 bits per heavy atom. The van der Waals surface area contributed by atoms with Gasteiger partial charge >= 0.3 is 0 Å². The van der Waals surface area contributed by atoms with Crippen molar-refractivity contribution in [2.45, 2.75) is 12.8 Å². The van der Waals surface area contributed by atoms with Crippen LogP contribution in [-0.2, 0) is 12.8 Å². The second kappa shape index (κ2) is 8.54. The van der Waals surface area contributed by atoms with Crippen LogP contribution in [0.5, 0.6) is 0 Å². The monoisotopic (exact) mass is 331 g/mol. The van der Waals surface area contributed by atoms with Gasteiger partial charge in [0.1, 0.15) is 0 Å². The second-order valence-corrected chi connectivity index (χ2v) is 5.62. The molecule has 24 heavy (non-hydrogen) atoms. The zero-order valence-corrected chi connectivity index (χ0v) is 13.6. The topological polar surface area (TPSA) is 125 Å². The smallest absolute Gasteiger partial charge is 0.0604 e. The fraction of sp³-hybridized carbons (Fsp3) is 0.333. The van der Waals surface area contributed by atoms with Gasteiger partial charge in [-0.1, -0.05) is 6.07 Å². The highest BCUT2D eigenvalue weighted by atomic mass is 16.3. The van der Waals surface area contributed by atoms with E-state index in [0.29, 0.717) is 30.8 Å². The molecule has 6 nitrogen and oxygen atoms in total. The van der Waals surface area contributed by atoms with Gasteiger partial charge < -0.3 is 32.1 Å². The molecule has 0 heterocycles. The molecule has 0 aliphatic carbocycles. The van der Waals surface area contributed by atoms with Crippen molar-refractivity contribution in [3.63, 3.8) is 0 Å². The highest BCUT2D eigenvalue weighted by molar-refractivity contribution is 5.88. The quantitative estimate of drug-likeness (QED) is 0.401. The van der Waals surface area contributed by atoms with E-state index in [1.165, 1.54) is 0 Å². The Bertz CT molecular complexity index is 689. The van der Waals surface area contributed by atoms with E-state index in [2.05, 4.69) is 5.32 Å². The van der Waals surface area contributed by atoms with Crippen molar-refractivity contribution in [2.24, 2.45) is 0 Å². The van der Waals surface area contributed by atoms with Crippen LogP contribution in [0, 0.1) is 0 Å². The zero-order chi connectivity index (χ0) is 17.5. The Morgan fingerprint density at radius 1 is 0.833 bits per heavy atom. The molecule has 0 saturated heterocycles. The first-order valence-corrected chi connectivity index (χ1v) is 7.98. The molecular weight excluding hydrogens is 306 g/mol. The number of aliphatic hydroxyl groups excluding tert-OH is 3. The molecule has 0 unspecified atom stereocenters. The van der Waals surface area contributed by atoms with Crippen molar-refractivity contribution in [3.8, 4) is 11.1 Å². The fourth-order valence-corrected chi connectivity index (χ4v) is 2.73. The van der Waals surface area contributed by atoms with Crippen LogP contribution in [0.1, 0.15) is 11.1 Å². The summed E-state index contributed by atoms with van der Waals surface area (Å²) >= 11 is 0. The summed E-state index contributed by atoms with van der Waals surface area (Å²) < 4.78 is 0. The summed E-state index contributed by atoms with van der Waals surface area (Å²) in [5.74, 6) is 0. The van der Waals surface area contributed by atoms with Crippen LogP contribution in [0.25, 0.3) is 11.1 Å². The maximum absolute atomic E-state index is 9.28. The number of nitrogens with two attached hydrogens (primary N) is 2. The van der Waals surface area contributed by atoms with Crippen LogP contribution in [0.15, 0.2) is 30.3 Å². The minimum absolute atomic E-state index is 0.00122. The second-order valence-electron chi connectivity index (χ2n) is 5.62. The van der Waals surface area contributed by atoms with Gasteiger partial charge in [-0.3, -0.25) is 0 Å². The molecule has 0 aromatic heterocycles. The van der Waals surface area contributed by atoms with E-state index in [1.54, 1.807) is 6.07 Å². The molecule has 0 spiro atoms. The van der Waals surface area contributed by atoms with Crippen molar-refractivity contribution >= 4 is 17.1 Å². The molecule has 0 saturated carbocycles. The molecule has 0 radical (unpaired) electrons. The van der Waals surface area contributed by atoms with Crippen LogP contribution in [0.3, 0.4) is 0 Å². The third-order valence-electron chi connectivity index (χ3n) is 3.87. The molecular formula is C18H25N3O3. The molecule has 8 N–H and O–H groups in total. The normalized spacial score (nSPS) is 10.8. The first-order chi connectivity index (χ1) is 11.6. The first kappa shape index (κ1) is 18.1. The summed E-state index contributed by atoms with van der Waals surface area (Å²) in [5, 5.41) is 30.7. The Labute approximate surface area is 141 Å². The van der Waals surface area contributed by atoms with Gasteiger partial charge in [-0.2, -0.15) is 0 Å². The molecule has 2 aromatic rings. The number of hydrogen-bond donors (Lipinski definition) is 6. The standard InChI is InChI=1S/C18H25N3O3/c19-14-1-2-17(21-5-8-24)15(11-14)16-10-12(3-6-22)9-13(4-7-23)18(16)20/h1-2,9-11,21-24H,3-8,19-20H2. The lowest BCUT2D eigenvalue weighted by Crippen LogP contribution is -2.08. The van der Waals surface area contributed by atoms with Gasteiger partial charge in [-0.15, -0.1) is 0 Å². The van der Waals surface area contributed by atoms with E-state index in [0.717, 1.165) is 27.9 Å². The summed E-state index contributed by atoms with van der Waals surface area (Å²) in [4.78, 5) is 0. The summed E-state index contributed by atoms with van der Waals surface area (Å²) in [5.41, 5.74) is 17.7. The summed E-state index contributed by atoms with van der Waals surface area (Å²) in [6.07, 6.45) is 0.952. The molecule has 0 atom stereocenters. The Morgan fingerprint density at radius 3 is 2.25 bits per heavy atom. The molecule has 2 rings (SSSR count). The number of anilines is 3. The van der Waals surface area contributed by atoms with Crippen molar-refractivity contribution in [1.29, 1.82) is 0 Å². The highest BCUT2D eigenvalue weighted by Gasteiger charge is 2.14. The van der Waals surface area contributed by atoms with E-state index in [1.807, 2.05) is 24.3 Å². The van der Waals surface area contributed by atoms with Crippen molar-refractivity contribution in [2.75, 3.05) is 43.1 Å². The van der Waals surface area contributed by atoms with Crippen LogP contribution < -0.4 is 16.8 Å². The van der Waals surface area contributed by atoms with Crippen LogP contribution in [-0.4, -0.2) is 41.7 Å². The first-order valence-electron chi connectivity index (χ1n) is 7.98. The van der Waals surface area contributed by atoms with E-state index < -0.39 is 0 Å². The third-order valence-corrected chi connectivity index (χ3v) is 3.87. The predicted octanol–water partition coefficient (Wildman–Crippen LogP) is 0.992. The summed E-state index contributed by atoms with van der Waals surface area (Å²) in [6.45, 7) is 0.462. The molecule has 0 bridgehead atoms. The predicted molar refractivity (Wildman–Crippen MR) is 97.9 cm³/mol. The number of hydrogen-bond acceptors (Lipinski definition) is 6. The average molecular weight is 331 g/mol. The fourth-order valence-electron chi connectivity index (χ4n) is 2.73. The van der Waals surface area contributed by atoms with Gasteiger partial charge in [0.2, 0.25) is 0 Å². The number of aliphatic hydroxyl groups is 3. The molecule has 0 amide bonds. The lowest BCUT2D eigenvalue weighted by atomic mass is 9.93. The zero-order valence-electron chi connectivity index (χ0n) is 13.6. The molecule has 0 aliphatic rings. The molecule has 0 aliphatic heterocycles. The van der Waals surface area contributed by atoms with E-state index in [9.17, 15) is 10.2 Å². The van der Waals surface area contributed by atoms with Crippen molar-refractivity contribution in [3.05, 3.63) is 41.5 Å². The SMILES string of the molecule is Nc1ccc(NCCO)c(-c2cc(CCO)cc(CCO)c2N)c1. The largest absolute Gasteiger partial charge is 0.399 e. The summed E-state index contributed by atoms with van der Waals surface area (Å²) in [7, 11) is 0. The van der Waals surface area contributed by atoms with E-state index in [4.69, 9.17) is 16.6 Å². The minimum atomic E-state index is -0.00122. The van der Waals surface area contributed by atoms with Gasteiger partial charge in [-0.05, 0) is 48.2 Å². The number of benzene rings is 2. The van der Waals surface area contributed by atoms with Crippen LogP contribution >= 0.6 is 0 Å². The van der Waals surface area contributed by atoms with E-state index >= 15 is 0 Å². The van der Waals surface area contributed by atoms with Crippen molar-refractivity contribution in [1.82, 2.24) is 0 Å². The summed E-state index contributed by atoms with van der Waals surface area (Å²) in [6, 6.07) is 9.32. The highest BCUT2D eigenvalue weighted by Crippen LogP contribution is 2.36. The maximum atomic E-state index is 9.28. The third kappa shape index (κ3) is 4.17. The maximum Gasteiger partial charge on any atom is 0.0604 e. The van der Waals surface area contributed by atoms with Gasteiger partial charge in [0.25, 0.3) is 0 Å². The minimum Gasteiger partial charge on any atom is -0.399 e. The molecule has 0 fully saturated rings. The molecule has 130 valence electrons. The number of nitrogens with one attached hydrogen (secondary N) is 1. The number of nitrogen functional groups attached to an aromatic ring is 2. The van der Waals surface area contributed by atoms with Gasteiger partial charge in [0.15, 0.2) is 0 Å². The van der Waals surface area contributed by atoms with Crippen LogP contribution in [0.2, 0.25) is 0 Å². The van der Waals surface area contributed by atoms with Crippen molar-refractivity contribution < 1.29 is 15.3 Å². The van der Waals surface area contributed by atoms with E-state index in [-0.39, 0.29) is 19.8 Å². The average Bonchev–Trinajstić information content (AvgIpc) is 2.57. The lowest BCUT2D eigenvalue weighted by molar-refractivity contribution is 0.298. The number of rotatable bonds is 8. The van der Waals surface area contributed by atoms with Gasteiger partial charge in [0.05, 0.1) is 6.61 Å². The Balaban J connectivity index is 2.59. The molecule has 6 heteroatoms. The van der Waals surface area contributed by atoms with Crippen LogP contribution in [0.4, 0.5) is 17.1 Å². The molecule has 2 aromatic carbocycles. The Kier molecular flexibility index (Phi) is 6.43. The lowest BCUT2D eigenvalue weighted by Gasteiger charge is -2.18. The van der Waals surface area contributed by atoms with Gasteiger partial charge in [-0.25, -0.2) is 0 Å². The Hall–Kier alpha value is -2.28. The van der Waals surface area contributed by atoms with Gasteiger partial charge in [0, 0.05) is 47.9 Å².